The molecule has 0 heterocycles. The van der Waals surface area contributed by atoms with Gasteiger partial charge in [-0.2, -0.15) is 0 Å². The fourth-order valence-corrected chi connectivity index (χ4v) is 1.09. The van der Waals surface area contributed by atoms with Gasteiger partial charge in [-0.3, -0.25) is 4.79 Å². The van der Waals surface area contributed by atoms with Crippen molar-refractivity contribution < 1.29 is 4.79 Å². The van der Waals surface area contributed by atoms with Crippen LogP contribution in [-0.4, -0.2) is 11.8 Å². The minimum absolute atomic E-state index is 0. The number of carbonyl (C=O) groups excluding carboxylic acids is 1. The van der Waals surface area contributed by atoms with E-state index in [-0.39, 0.29) is 18.2 Å². The normalized spacial score (nSPS) is 11.6. The van der Waals surface area contributed by atoms with Crippen LogP contribution in [0.25, 0.3) is 0 Å². The maximum absolute atomic E-state index is 11.4. The molecule has 0 fully saturated rings. The first-order valence-electron chi connectivity index (χ1n) is 3.98. The zero-order valence-corrected chi connectivity index (χ0v) is 8.60. The van der Waals surface area contributed by atoms with Crippen molar-refractivity contribution in [1.29, 1.82) is 0 Å². The molecule has 13 heavy (non-hydrogen) atoms. The molecule has 72 valence electrons. The fraction of sp³-hybridized carbons (Fsp3) is 0.300. The van der Waals surface area contributed by atoms with Gasteiger partial charge < -0.3 is 5.73 Å². The number of ketones is 1. The SMILES string of the molecule is Cc1ccccc1C(=O)C(C)N.Cl. The summed E-state index contributed by atoms with van der Waals surface area (Å²) in [6.07, 6.45) is 0. The van der Waals surface area contributed by atoms with Crippen LogP contribution >= 0.6 is 12.4 Å². The second kappa shape index (κ2) is 5.00. The van der Waals surface area contributed by atoms with E-state index in [4.69, 9.17) is 5.73 Å². The largest absolute Gasteiger partial charge is 0.321 e. The molecule has 1 aromatic carbocycles. The molecule has 1 atom stereocenters. The number of hydrogen-bond acceptors (Lipinski definition) is 2. The van der Waals surface area contributed by atoms with E-state index in [1.165, 1.54) is 0 Å². The molecule has 1 rings (SSSR count). The third-order valence-corrected chi connectivity index (χ3v) is 1.82. The van der Waals surface area contributed by atoms with Gasteiger partial charge in [0.05, 0.1) is 6.04 Å². The van der Waals surface area contributed by atoms with Gasteiger partial charge >= 0.3 is 0 Å². The van der Waals surface area contributed by atoms with Crippen molar-refractivity contribution in [3.8, 4) is 0 Å². The van der Waals surface area contributed by atoms with Gasteiger partial charge in [0.25, 0.3) is 0 Å². The molecule has 0 aliphatic carbocycles. The summed E-state index contributed by atoms with van der Waals surface area (Å²) in [5.41, 5.74) is 7.20. The Hall–Kier alpha value is -0.860. The lowest BCUT2D eigenvalue weighted by Gasteiger charge is -2.06. The summed E-state index contributed by atoms with van der Waals surface area (Å²) in [5.74, 6) is 0.00750. The van der Waals surface area contributed by atoms with Gasteiger partial charge in [-0.15, -0.1) is 12.4 Å². The molecule has 0 aliphatic heterocycles. The standard InChI is InChI=1S/C10H13NO.ClH/c1-7-5-3-4-6-9(7)10(12)8(2)11;/h3-6,8H,11H2,1-2H3;1H. The lowest BCUT2D eigenvalue weighted by Crippen LogP contribution is -2.27. The monoisotopic (exact) mass is 199 g/mol. The Morgan fingerprint density at radius 3 is 2.38 bits per heavy atom. The Morgan fingerprint density at radius 1 is 1.38 bits per heavy atom. The van der Waals surface area contributed by atoms with Crippen LogP contribution < -0.4 is 5.73 Å². The number of hydrogen-bond donors (Lipinski definition) is 1. The summed E-state index contributed by atoms with van der Waals surface area (Å²) in [5, 5.41) is 0. The molecule has 0 amide bonds. The van der Waals surface area contributed by atoms with Crippen molar-refractivity contribution in [1.82, 2.24) is 0 Å². The first-order chi connectivity index (χ1) is 5.63. The number of benzene rings is 1. The average Bonchev–Trinajstić information content (AvgIpc) is 2.04. The summed E-state index contributed by atoms with van der Waals surface area (Å²) < 4.78 is 0. The van der Waals surface area contributed by atoms with E-state index < -0.39 is 6.04 Å². The lowest BCUT2D eigenvalue weighted by molar-refractivity contribution is 0.0967. The van der Waals surface area contributed by atoms with Crippen LogP contribution in [0.4, 0.5) is 0 Å². The lowest BCUT2D eigenvalue weighted by atomic mass is 10.0. The Bertz CT molecular complexity index is 297. The molecule has 2 N–H and O–H groups in total. The number of rotatable bonds is 2. The molecular formula is C10H14ClNO. The van der Waals surface area contributed by atoms with E-state index in [1.807, 2.05) is 25.1 Å². The van der Waals surface area contributed by atoms with Gasteiger partial charge in [0.15, 0.2) is 5.78 Å². The topological polar surface area (TPSA) is 43.1 Å². The van der Waals surface area contributed by atoms with Crippen LogP contribution in [0.15, 0.2) is 24.3 Å². The van der Waals surface area contributed by atoms with Gasteiger partial charge in [0.2, 0.25) is 0 Å². The number of Topliss-reactive ketones (excluding diaryl/α,β-unsaturated/α-hetero) is 1. The van der Waals surface area contributed by atoms with E-state index in [2.05, 4.69) is 0 Å². The first-order valence-corrected chi connectivity index (χ1v) is 3.98. The second-order valence-corrected chi connectivity index (χ2v) is 2.97. The van der Waals surface area contributed by atoms with Gasteiger partial charge in [0.1, 0.15) is 0 Å². The van der Waals surface area contributed by atoms with Crippen molar-refractivity contribution >= 4 is 18.2 Å². The van der Waals surface area contributed by atoms with Gasteiger partial charge in [-0.05, 0) is 19.4 Å². The molecule has 0 bridgehead atoms. The summed E-state index contributed by atoms with van der Waals surface area (Å²) >= 11 is 0. The minimum atomic E-state index is -0.411. The van der Waals surface area contributed by atoms with Crippen molar-refractivity contribution in [2.24, 2.45) is 5.73 Å². The molecule has 2 nitrogen and oxygen atoms in total. The van der Waals surface area contributed by atoms with Crippen molar-refractivity contribution in [2.45, 2.75) is 19.9 Å². The number of aryl methyl sites for hydroxylation is 1. The zero-order chi connectivity index (χ0) is 9.14. The molecule has 1 aromatic rings. The third kappa shape index (κ3) is 2.83. The van der Waals surface area contributed by atoms with Crippen LogP contribution in [0.1, 0.15) is 22.8 Å². The highest BCUT2D eigenvalue weighted by molar-refractivity contribution is 6.00. The number of nitrogens with two attached hydrogens (primary N) is 1. The number of halogens is 1. The third-order valence-electron chi connectivity index (χ3n) is 1.82. The second-order valence-electron chi connectivity index (χ2n) is 2.97. The van der Waals surface area contributed by atoms with Crippen molar-refractivity contribution in [3.63, 3.8) is 0 Å². The van der Waals surface area contributed by atoms with Crippen LogP contribution in [-0.2, 0) is 0 Å². The number of carbonyl (C=O) groups is 1. The first kappa shape index (κ1) is 12.1. The Kier molecular flexibility index (Phi) is 4.67. The molecule has 1 unspecified atom stereocenters. The summed E-state index contributed by atoms with van der Waals surface area (Å²) in [6, 6.07) is 7.07. The van der Waals surface area contributed by atoms with Crippen LogP contribution in [0.5, 0.6) is 0 Å². The van der Waals surface area contributed by atoms with E-state index >= 15 is 0 Å². The van der Waals surface area contributed by atoms with Crippen LogP contribution in [0.3, 0.4) is 0 Å². The molecule has 0 aromatic heterocycles. The van der Waals surface area contributed by atoms with Crippen LogP contribution in [0, 0.1) is 6.92 Å². The summed E-state index contributed by atoms with van der Waals surface area (Å²) in [4.78, 5) is 11.4. The molecule has 0 spiro atoms. The van der Waals surface area contributed by atoms with Gasteiger partial charge in [-0.25, -0.2) is 0 Å². The molecule has 0 radical (unpaired) electrons. The van der Waals surface area contributed by atoms with Crippen molar-refractivity contribution in [3.05, 3.63) is 35.4 Å². The summed E-state index contributed by atoms with van der Waals surface area (Å²) in [7, 11) is 0. The maximum atomic E-state index is 11.4. The van der Waals surface area contributed by atoms with Crippen molar-refractivity contribution in [2.75, 3.05) is 0 Å². The molecule has 0 aliphatic rings. The zero-order valence-electron chi connectivity index (χ0n) is 7.78. The predicted molar refractivity (Wildman–Crippen MR) is 56.4 cm³/mol. The van der Waals surface area contributed by atoms with E-state index in [1.54, 1.807) is 13.0 Å². The molecule has 0 saturated carbocycles. The average molecular weight is 200 g/mol. The van der Waals surface area contributed by atoms with E-state index in [0.717, 1.165) is 11.1 Å². The van der Waals surface area contributed by atoms with E-state index in [9.17, 15) is 4.79 Å². The quantitative estimate of drug-likeness (QED) is 0.740. The Labute approximate surface area is 84.5 Å². The Balaban J connectivity index is 0.00000144. The van der Waals surface area contributed by atoms with Gasteiger partial charge in [0, 0.05) is 5.56 Å². The molecule has 3 heteroatoms. The highest BCUT2D eigenvalue weighted by Gasteiger charge is 2.11. The molecule has 0 saturated heterocycles. The minimum Gasteiger partial charge on any atom is -0.321 e. The summed E-state index contributed by atoms with van der Waals surface area (Å²) in [6.45, 7) is 3.62. The molecular weight excluding hydrogens is 186 g/mol. The smallest absolute Gasteiger partial charge is 0.179 e. The fourth-order valence-electron chi connectivity index (χ4n) is 1.09. The van der Waals surface area contributed by atoms with Crippen LogP contribution in [0.2, 0.25) is 0 Å². The highest BCUT2D eigenvalue weighted by Crippen LogP contribution is 2.08. The predicted octanol–water partition coefficient (Wildman–Crippen LogP) is 1.95. The maximum Gasteiger partial charge on any atom is 0.179 e. The Morgan fingerprint density at radius 2 is 1.92 bits per heavy atom. The van der Waals surface area contributed by atoms with E-state index in [0.29, 0.717) is 0 Å². The van der Waals surface area contributed by atoms with Gasteiger partial charge in [-0.1, -0.05) is 24.3 Å². The highest BCUT2D eigenvalue weighted by atomic mass is 35.5.